The van der Waals surface area contributed by atoms with Gasteiger partial charge in [-0.1, -0.05) is 6.92 Å². The van der Waals surface area contributed by atoms with Crippen LogP contribution in [-0.4, -0.2) is 54.5 Å². The predicted molar refractivity (Wildman–Crippen MR) is 102 cm³/mol. The molecule has 1 saturated heterocycles. The van der Waals surface area contributed by atoms with Gasteiger partial charge >= 0.3 is 0 Å². The van der Waals surface area contributed by atoms with Crippen molar-refractivity contribution < 1.29 is 9.18 Å². The number of carbonyl (C=O) groups is 1. The summed E-state index contributed by atoms with van der Waals surface area (Å²) < 4.78 is 13.5. The second kappa shape index (κ2) is 8.21. The van der Waals surface area contributed by atoms with Crippen LogP contribution in [0.1, 0.15) is 25.3 Å². The van der Waals surface area contributed by atoms with Crippen LogP contribution in [0.5, 0.6) is 0 Å². The summed E-state index contributed by atoms with van der Waals surface area (Å²) in [7, 11) is 1.74. The molecule has 1 aliphatic heterocycles. The van der Waals surface area contributed by atoms with Crippen molar-refractivity contribution in [3.8, 4) is 0 Å². The number of guanidine groups is 1. The van der Waals surface area contributed by atoms with Crippen LogP contribution in [0.2, 0.25) is 0 Å². The van der Waals surface area contributed by atoms with Gasteiger partial charge in [-0.3, -0.25) is 9.79 Å². The maximum atomic E-state index is 13.5. The average Bonchev–Trinajstić information content (AvgIpc) is 3.27. The molecule has 0 radical (unpaired) electrons. The third kappa shape index (κ3) is 4.15. The van der Waals surface area contributed by atoms with Crippen LogP contribution in [0.3, 0.4) is 0 Å². The Bertz CT molecular complexity index is 800. The number of hydrogen-bond donors (Lipinski definition) is 3. The summed E-state index contributed by atoms with van der Waals surface area (Å²) in [6.45, 7) is 4.09. The third-order valence-electron chi connectivity index (χ3n) is 4.82. The highest BCUT2D eigenvalue weighted by Gasteiger charge is 2.25. The van der Waals surface area contributed by atoms with Gasteiger partial charge < -0.3 is 20.5 Å². The Morgan fingerprint density at radius 2 is 2.31 bits per heavy atom. The van der Waals surface area contributed by atoms with Crippen molar-refractivity contribution in [1.82, 2.24) is 20.5 Å². The van der Waals surface area contributed by atoms with E-state index in [1.54, 1.807) is 19.2 Å². The van der Waals surface area contributed by atoms with Crippen molar-refractivity contribution in [2.24, 2.45) is 4.99 Å². The molecule has 1 fully saturated rings. The van der Waals surface area contributed by atoms with Crippen LogP contribution in [0.4, 0.5) is 4.39 Å². The highest BCUT2D eigenvalue weighted by Crippen LogP contribution is 2.19. The van der Waals surface area contributed by atoms with Gasteiger partial charge in [0.1, 0.15) is 5.82 Å². The standard InChI is InChI=1S/C19H26FN5O/c1-3-18(26)25-9-7-15(12-25)24-19(21-2)22-8-6-13-11-23-17-5-4-14(20)10-16(13)17/h4-5,10-11,15,23H,3,6-9,12H2,1-2H3,(H2,21,22,24). The fourth-order valence-electron chi connectivity index (χ4n) is 3.39. The zero-order chi connectivity index (χ0) is 18.5. The van der Waals surface area contributed by atoms with Gasteiger partial charge in [0.2, 0.25) is 5.91 Å². The number of fused-ring (bicyclic) bond motifs is 1. The molecule has 0 spiro atoms. The number of aromatic amines is 1. The van der Waals surface area contributed by atoms with Crippen LogP contribution >= 0.6 is 0 Å². The molecule has 1 atom stereocenters. The largest absolute Gasteiger partial charge is 0.361 e. The maximum absolute atomic E-state index is 13.5. The Morgan fingerprint density at radius 3 is 3.08 bits per heavy atom. The first kappa shape index (κ1) is 18.2. The zero-order valence-corrected chi connectivity index (χ0v) is 15.3. The maximum Gasteiger partial charge on any atom is 0.222 e. The van der Waals surface area contributed by atoms with Gasteiger partial charge in [0.15, 0.2) is 5.96 Å². The van der Waals surface area contributed by atoms with E-state index in [1.165, 1.54) is 6.07 Å². The molecular formula is C19H26FN5O. The number of aromatic nitrogens is 1. The molecule has 1 aliphatic rings. The number of nitrogens with one attached hydrogen (secondary N) is 3. The van der Waals surface area contributed by atoms with Crippen LogP contribution in [-0.2, 0) is 11.2 Å². The zero-order valence-electron chi connectivity index (χ0n) is 15.3. The quantitative estimate of drug-likeness (QED) is 0.565. The molecule has 1 aromatic heterocycles. The summed E-state index contributed by atoms with van der Waals surface area (Å²) in [5, 5.41) is 7.59. The molecule has 0 saturated carbocycles. The van der Waals surface area contributed by atoms with Gasteiger partial charge in [-0.05, 0) is 36.6 Å². The van der Waals surface area contributed by atoms with Crippen molar-refractivity contribution in [3.63, 3.8) is 0 Å². The molecule has 1 amide bonds. The lowest BCUT2D eigenvalue weighted by molar-refractivity contribution is -0.129. The minimum Gasteiger partial charge on any atom is -0.361 e. The first-order valence-corrected chi connectivity index (χ1v) is 9.11. The van der Waals surface area contributed by atoms with E-state index < -0.39 is 0 Å². The molecule has 0 bridgehead atoms. The monoisotopic (exact) mass is 359 g/mol. The molecule has 140 valence electrons. The average molecular weight is 359 g/mol. The van der Waals surface area contributed by atoms with E-state index in [4.69, 9.17) is 0 Å². The lowest BCUT2D eigenvalue weighted by atomic mass is 10.1. The van der Waals surface area contributed by atoms with E-state index in [-0.39, 0.29) is 17.8 Å². The number of rotatable bonds is 5. The smallest absolute Gasteiger partial charge is 0.222 e. The summed E-state index contributed by atoms with van der Waals surface area (Å²) in [6.07, 6.45) is 4.15. The molecule has 7 heteroatoms. The van der Waals surface area contributed by atoms with Crippen LogP contribution in [0.15, 0.2) is 29.4 Å². The number of halogens is 1. The van der Waals surface area contributed by atoms with Crippen LogP contribution < -0.4 is 10.6 Å². The number of H-pyrrole nitrogens is 1. The normalized spacial score (nSPS) is 17.7. The summed E-state index contributed by atoms with van der Waals surface area (Å²) in [5.41, 5.74) is 2.01. The van der Waals surface area contributed by atoms with E-state index in [0.717, 1.165) is 48.4 Å². The summed E-state index contributed by atoms with van der Waals surface area (Å²) in [5.74, 6) is 0.701. The molecule has 3 N–H and O–H groups in total. The minimum absolute atomic E-state index is 0.198. The van der Waals surface area contributed by atoms with E-state index in [1.807, 2.05) is 18.0 Å². The molecule has 26 heavy (non-hydrogen) atoms. The Kier molecular flexibility index (Phi) is 5.75. The van der Waals surface area contributed by atoms with Crippen LogP contribution in [0.25, 0.3) is 10.9 Å². The van der Waals surface area contributed by atoms with Crippen molar-refractivity contribution in [3.05, 3.63) is 35.8 Å². The van der Waals surface area contributed by atoms with E-state index in [2.05, 4.69) is 20.6 Å². The van der Waals surface area contributed by atoms with Gasteiger partial charge in [0, 0.05) is 56.2 Å². The topological polar surface area (TPSA) is 72.5 Å². The molecule has 1 unspecified atom stereocenters. The fraction of sp³-hybridized carbons (Fsp3) is 0.474. The highest BCUT2D eigenvalue weighted by atomic mass is 19.1. The van der Waals surface area contributed by atoms with E-state index >= 15 is 0 Å². The molecular weight excluding hydrogens is 333 g/mol. The number of nitrogens with zero attached hydrogens (tertiary/aromatic N) is 2. The molecule has 1 aromatic carbocycles. The van der Waals surface area contributed by atoms with Crippen molar-refractivity contribution in [2.75, 3.05) is 26.7 Å². The molecule has 3 rings (SSSR count). The van der Waals surface area contributed by atoms with E-state index in [0.29, 0.717) is 13.0 Å². The third-order valence-corrected chi connectivity index (χ3v) is 4.82. The summed E-state index contributed by atoms with van der Waals surface area (Å²) in [6, 6.07) is 5.00. The van der Waals surface area contributed by atoms with Crippen molar-refractivity contribution >= 4 is 22.8 Å². The minimum atomic E-state index is -0.226. The van der Waals surface area contributed by atoms with E-state index in [9.17, 15) is 9.18 Å². The van der Waals surface area contributed by atoms with Gasteiger partial charge in [0.25, 0.3) is 0 Å². The van der Waals surface area contributed by atoms with Gasteiger partial charge in [0.05, 0.1) is 0 Å². The van der Waals surface area contributed by atoms with Gasteiger partial charge in [-0.2, -0.15) is 0 Å². The highest BCUT2D eigenvalue weighted by molar-refractivity contribution is 5.83. The Morgan fingerprint density at radius 1 is 1.46 bits per heavy atom. The second-order valence-electron chi connectivity index (χ2n) is 6.58. The SMILES string of the molecule is CCC(=O)N1CCC(NC(=NC)NCCc2c[nH]c3ccc(F)cc23)C1. The molecule has 6 nitrogen and oxygen atoms in total. The number of hydrogen-bond acceptors (Lipinski definition) is 2. The lowest BCUT2D eigenvalue weighted by Crippen LogP contribution is -2.45. The Labute approximate surface area is 152 Å². The number of benzene rings is 1. The fourth-order valence-corrected chi connectivity index (χ4v) is 3.39. The van der Waals surface area contributed by atoms with Gasteiger partial charge in [-0.25, -0.2) is 4.39 Å². The van der Waals surface area contributed by atoms with Crippen molar-refractivity contribution in [2.45, 2.75) is 32.2 Å². The first-order chi connectivity index (χ1) is 12.6. The Balaban J connectivity index is 1.50. The van der Waals surface area contributed by atoms with Crippen molar-refractivity contribution in [1.29, 1.82) is 0 Å². The summed E-state index contributed by atoms with van der Waals surface area (Å²) >= 11 is 0. The number of likely N-dealkylation sites (tertiary alicyclic amines) is 1. The number of amides is 1. The Hall–Kier alpha value is -2.57. The number of carbonyl (C=O) groups excluding carboxylic acids is 1. The molecule has 0 aliphatic carbocycles. The second-order valence-corrected chi connectivity index (χ2v) is 6.58. The summed E-state index contributed by atoms with van der Waals surface area (Å²) in [4.78, 5) is 21.1. The first-order valence-electron chi connectivity index (χ1n) is 9.11. The van der Waals surface area contributed by atoms with Gasteiger partial charge in [-0.15, -0.1) is 0 Å². The molecule has 2 heterocycles. The molecule has 2 aromatic rings. The predicted octanol–water partition coefficient (Wildman–Crippen LogP) is 2.03. The lowest BCUT2D eigenvalue weighted by Gasteiger charge is -2.18. The number of aliphatic imine (C=N–C) groups is 1. The van der Waals surface area contributed by atoms with Crippen LogP contribution in [0, 0.1) is 5.82 Å².